The molecule has 21 heavy (non-hydrogen) atoms. The summed E-state index contributed by atoms with van der Waals surface area (Å²) in [6.45, 7) is 3.17. The van der Waals surface area contributed by atoms with Gasteiger partial charge >= 0.3 is 0 Å². The van der Waals surface area contributed by atoms with Crippen molar-refractivity contribution in [2.75, 3.05) is 25.0 Å². The van der Waals surface area contributed by atoms with Crippen molar-refractivity contribution in [1.82, 2.24) is 4.90 Å². The van der Waals surface area contributed by atoms with Gasteiger partial charge in [-0.25, -0.2) is 0 Å². The maximum atomic E-state index is 12.4. The van der Waals surface area contributed by atoms with E-state index in [0.717, 1.165) is 12.8 Å². The molecular formula is C16H23N3OS. The van der Waals surface area contributed by atoms with Crippen molar-refractivity contribution >= 4 is 28.8 Å². The molecule has 1 heterocycles. The van der Waals surface area contributed by atoms with Gasteiger partial charge in [0.1, 0.15) is 0 Å². The molecule has 1 unspecified atom stereocenters. The summed E-state index contributed by atoms with van der Waals surface area (Å²) in [5, 5.41) is 0. The van der Waals surface area contributed by atoms with Crippen molar-refractivity contribution in [3.05, 3.63) is 29.8 Å². The van der Waals surface area contributed by atoms with Crippen molar-refractivity contribution in [1.29, 1.82) is 0 Å². The van der Waals surface area contributed by atoms with Crippen molar-refractivity contribution in [3.63, 3.8) is 0 Å². The number of rotatable bonds is 5. The van der Waals surface area contributed by atoms with E-state index in [-0.39, 0.29) is 5.91 Å². The molecule has 2 rings (SSSR count). The van der Waals surface area contributed by atoms with E-state index in [9.17, 15) is 4.79 Å². The van der Waals surface area contributed by atoms with Crippen LogP contribution < -0.4 is 10.6 Å². The lowest BCUT2D eigenvalue weighted by Crippen LogP contribution is -2.45. The molecule has 1 aliphatic heterocycles. The molecule has 0 aliphatic carbocycles. The number of nitrogens with two attached hydrogens (primary N) is 1. The number of hydrogen-bond donors (Lipinski definition) is 1. The van der Waals surface area contributed by atoms with Crippen LogP contribution in [0.2, 0.25) is 0 Å². The fourth-order valence-electron chi connectivity index (χ4n) is 2.67. The number of amides is 1. The van der Waals surface area contributed by atoms with Gasteiger partial charge < -0.3 is 15.5 Å². The molecular weight excluding hydrogens is 282 g/mol. The fourth-order valence-corrected chi connectivity index (χ4v) is 2.76. The van der Waals surface area contributed by atoms with Gasteiger partial charge in [0, 0.05) is 31.7 Å². The van der Waals surface area contributed by atoms with Crippen LogP contribution in [0.15, 0.2) is 24.3 Å². The number of hydrogen-bond acceptors (Lipinski definition) is 3. The van der Waals surface area contributed by atoms with E-state index in [1.807, 2.05) is 6.07 Å². The first kappa shape index (κ1) is 15.8. The van der Waals surface area contributed by atoms with Crippen LogP contribution in [0.4, 0.5) is 5.69 Å². The quantitative estimate of drug-likeness (QED) is 0.845. The summed E-state index contributed by atoms with van der Waals surface area (Å²) in [5.41, 5.74) is 8.01. The topological polar surface area (TPSA) is 49.6 Å². The number of thiocarbonyl (C=S) groups is 1. The highest BCUT2D eigenvalue weighted by Crippen LogP contribution is 2.30. The molecule has 114 valence electrons. The van der Waals surface area contributed by atoms with E-state index in [1.165, 1.54) is 11.3 Å². The SMILES string of the molecule is CC1CCc2ccccc2N1CC(=O)N(C)CCC(N)=S. The molecule has 4 nitrogen and oxygen atoms in total. The summed E-state index contributed by atoms with van der Waals surface area (Å²) in [7, 11) is 1.81. The van der Waals surface area contributed by atoms with E-state index in [0.29, 0.717) is 30.5 Å². The zero-order valence-electron chi connectivity index (χ0n) is 12.7. The molecule has 0 bridgehead atoms. The maximum absolute atomic E-state index is 12.4. The molecule has 2 N–H and O–H groups in total. The Morgan fingerprint density at radius 1 is 1.48 bits per heavy atom. The van der Waals surface area contributed by atoms with Gasteiger partial charge in [0.2, 0.25) is 5.91 Å². The zero-order chi connectivity index (χ0) is 15.4. The highest BCUT2D eigenvalue weighted by Gasteiger charge is 2.25. The van der Waals surface area contributed by atoms with E-state index in [4.69, 9.17) is 18.0 Å². The van der Waals surface area contributed by atoms with Gasteiger partial charge in [-0.2, -0.15) is 0 Å². The van der Waals surface area contributed by atoms with Crippen LogP contribution in [0.1, 0.15) is 25.3 Å². The molecule has 1 aliphatic rings. The number of para-hydroxylation sites is 1. The Labute approximate surface area is 131 Å². The van der Waals surface area contributed by atoms with Gasteiger partial charge in [-0.1, -0.05) is 30.4 Å². The number of carbonyl (C=O) groups excluding carboxylic acids is 1. The van der Waals surface area contributed by atoms with Crippen molar-refractivity contribution in [2.24, 2.45) is 5.73 Å². The third-order valence-corrected chi connectivity index (χ3v) is 4.29. The molecule has 0 saturated heterocycles. The number of nitrogens with zero attached hydrogens (tertiary/aromatic N) is 2. The number of aryl methyl sites for hydroxylation is 1. The molecule has 1 aromatic carbocycles. The second-order valence-electron chi connectivity index (χ2n) is 5.68. The third kappa shape index (κ3) is 3.94. The first-order valence-corrected chi connectivity index (χ1v) is 7.76. The highest BCUT2D eigenvalue weighted by atomic mass is 32.1. The predicted molar refractivity (Wildman–Crippen MR) is 90.6 cm³/mol. The van der Waals surface area contributed by atoms with Gasteiger partial charge in [-0.3, -0.25) is 4.79 Å². The number of benzene rings is 1. The van der Waals surface area contributed by atoms with E-state index in [2.05, 4.69) is 30.0 Å². The third-order valence-electron chi connectivity index (χ3n) is 4.09. The first-order valence-electron chi connectivity index (χ1n) is 7.36. The minimum Gasteiger partial charge on any atom is -0.393 e. The Morgan fingerprint density at radius 3 is 2.90 bits per heavy atom. The van der Waals surface area contributed by atoms with Crippen LogP contribution in [0.3, 0.4) is 0 Å². The standard InChI is InChI=1S/C16H23N3OS/c1-12-7-8-13-5-3-4-6-14(13)19(12)11-16(20)18(2)10-9-15(17)21/h3-6,12H,7-11H2,1-2H3,(H2,17,21). The van der Waals surface area contributed by atoms with Crippen LogP contribution >= 0.6 is 12.2 Å². The zero-order valence-corrected chi connectivity index (χ0v) is 13.5. The van der Waals surface area contributed by atoms with Gasteiger partial charge in [-0.15, -0.1) is 0 Å². The van der Waals surface area contributed by atoms with Crippen LogP contribution in [0, 0.1) is 0 Å². The number of carbonyl (C=O) groups is 1. The lowest BCUT2D eigenvalue weighted by molar-refractivity contribution is -0.128. The number of likely N-dealkylation sites (N-methyl/N-ethyl adjacent to an activating group) is 1. The Bertz CT molecular complexity index is 532. The monoisotopic (exact) mass is 305 g/mol. The number of fused-ring (bicyclic) bond motifs is 1. The van der Waals surface area contributed by atoms with Crippen molar-refractivity contribution < 1.29 is 4.79 Å². The molecule has 0 spiro atoms. The van der Waals surface area contributed by atoms with Crippen LogP contribution in [0.5, 0.6) is 0 Å². The molecule has 0 aromatic heterocycles. The molecule has 1 atom stereocenters. The summed E-state index contributed by atoms with van der Waals surface area (Å²) in [6.07, 6.45) is 2.74. The highest BCUT2D eigenvalue weighted by molar-refractivity contribution is 7.80. The largest absolute Gasteiger partial charge is 0.393 e. The minimum absolute atomic E-state index is 0.106. The Morgan fingerprint density at radius 2 is 2.19 bits per heavy atom. The summed E-state index contributed by atoms with van der Waals surface area (Å²) in [6, 6.07) is 8.73. The molecule has 0 saturated carbocycles. The van der Waals surface area contributed by atoms with Gasteiger partial charge in [0.15, 0.2) is 0 Å². The Kier molecular flexibility index (Phi) is 5.17. The maximum Gasteiger partial charge on any atom is 0.241 e. The number of anilines is 1. The van der Waals surface area contributed by atoms with Crippen LogP contribution in [-0.2, 0) is 11.2 Å². The molecule has 0 radical (unpaired) electrons. The minimum atomic E-state index is 0.106. The van der Waals surface area contributed by atoms with E-state index < -0.39 is 0 Å². The van der Waals surface area contributed by atoms with Crippen LogP contribution in [0.25, 0.3) is 0 Å². The average molecular weight is 305 g/mol. The van der Waals surface area contributed by atoms with Gasteiger partial charge in [0.05, 0.1) is 11.5 Å². The molecule has 0 fully saturated rings. The summed E-state index contributed by atoms with van der Waals surface area (Å²) in [5.74, 6) is 0.106. The van der Waals surface area contributed by atoms with Crippen LogP contribution in [-0.4, -0.2) is 42.0 Å². The Hall–Kier alpha value is -1.62. The Balaban J connectivity index is 2.04. The molecule has 1 amide bonds. The van der Waals surface area contributed by atoms with Gasteiger partial charge in [-0.05, 0) is 31.4 Å². The summed E-state index contributed by atoms with van der Waals surface area (Å²) < 4.78 is 0. The lowest BCUT2D eigenvalue weighted by atomic mass is 9.96. The smallest absolute Gasteiger partial charge is 0.241 e. The van der Waals surface area contributed by atoms with Crippen molar-refractivity contribution in [3.8, 4) is 0 Å². The average Bonchev–Trinajstić information content (AvgIpc) is 2.47. The van der Waals surface area contributed by atoms with Crippen molar-refractivity contribution in [2.45, 2.75) is 32.2 Å². The van der Waals surface area contributed by atoms with Gasteiger partial charge in [0.25, 0.3) is 0 Å². The van der Waals surface area contributed by atoms with E-state index >= 15 is 0 Å². The second kappa shape index (κ2) is 6.89. The molecule has 1 aromatic rings. The fraction of sp³-hybridized carbons (Fsp3) is 0.500. The normalized spacial score (nSPS) is 17.2. The van der Waals surface area contributed by atoms with E-state index in [1.54, 1.807) is 11.9 Å². The summed E-state index contributed by atoms with van der Waals surface area (Å²) in [4.78, 5) is 16.7. The first-order chi connectivity index (χ1) is 9.99. The second-order valence-corrected chi connectivity index (χ2v) is 6.20. The summed E-state index contributed by atoms with van der Waals surface area (Å²) >= 11 is 4.86. The molecule has 5 heteroatoms. The predicted octanol–water partition coefficient (Wildman–Crippen LogP) is 1.96. The lowest BCUT2D eigenvalue weighted by Gasteiger charge is -2.37.